The summed E-state index contributed by atoms with van der Waals surface area (Å²) in [5.74, 6) is -0.351. The number of aliphatic hydroxyl groups excluding tert-OH is 1. The number of amides is 1. The Bertz CT molecular complexity index is 670. The first-order chi connectivity index (χ1) is 11.6. The SMILES string of the molecule is CN(Cc1ccccc1)c1ccc(NC(=O)C2CCCC2O)cc1. The highest BCUT2D eigenvalue weighted by Gasteiger charge is 2.31. The summed E-state index contributed by atoms with van der Waals surface area (Å²) >= 11 is 0. The monoisotopic (exact) mass is 324 g/mol. The molecule has 1 amide bonds. The molecular weight excluding hydrogens is 300 g/mol. The topological polar surface area (TPSA) is 52.6 Å². The number of hydrogen-bond acceptors (Lipinski definition) is 3. The van der Waals surface area contributed by atoms with E-state index in [1.54, 1.807) is 0 Å². The predicted octanol–water partition coefficient (Wildman–Crippen LogP) is 3.42. The quantitative estimate of drug-likeness (QED) is 0.886. The number of hydrogen-bond donors (Lipinski definition) is 2. The normalized spacial score (nSPS) is 19.9. The summed E-state index contributed by atoms with van der Waals surface area (Å²) in [6.45, 7) is 0.834. The summed E-state index contributed by atoms with van der Waals surface area (Å²) in [5.41, 5.74) is 3.13. The van der Waals surface area contributed by atoms with Crippen LogP contribution in [-0.4, -0.2) is 24.2 Å². The van der Waals surface area contributed by atoms with Gasteiger partial charge in [0, 0.05) is 25.0 Å². The van der Waals surface area contributed by atoms with Gasteiger partial charge in [-0.05, 0) is 49.1 Å². The number of aliphatic hydroxyl groups is 1. The smallest absolute Gasteiger partial charge is 0.230 e. The Balaban J connectivity index is 1.59. The van der Waals surface area contributed by atoms with Crippen LogP contribution in [0, 0.1) is 5.92 Å². The third kappa shape index (κ3) is 3.95. The number of rotatable bonds is 5. The highest BCUT2D eigenvalue weighted by molar-refractivity contribution is 5.93. The molecule has 0 aliphatic heterocycles. The van der Waals surface area contributed by atoms with E-state index in [-0.39, 0.29) is 11.8 Å². The summed E-state index contributed by atoms with van der Waals surface area (Å²) in [4.78, 5) is 14.4. The first-order valence-electron chi connectivity index (χ1n) is 8.47. The minimum atomic E-state index is -0.499. The van der Waals surface area contributed by atoms with Gasteiger partial charge in [-0.25, -0.2) is 0 Å². The minimum Gasteiger partial charge on any atom is -0.392 e. The molecule has 2 aromatic rings. The van der Waals surface area contributed by atoms with Crippen molar-refractivity contribution < 1.29 is 9.90 Å². The third-order valence-corrected chi connectivity index (χ3v) is 4.65. The first kappa shape index (κ1) is 16.5. The molecule has 4 heteroatoms. The average molecular weight is 324 g/mol. The van der Waals surface area contributed by atoms with Gasteiger partial charge >= 0.3 is 0 Å². The molecule has 0 heterocycles. The van der Waals surface area contributed by atoms with Gasteiger partial charge in [0.15, 0.2) is 0 Å². The van der Waals surface area contributed by atoms with Crippen molar-refractivity contribution in [1.82, 2.24) is 0 Å². The largest absolute Gasteiger partial charge is 0.392 e. The number of benzene rings is 2. The molecule has 1 aliphatic rings. The van der Waals surface area contributed by atoms with Gasteiger partial charge in [-0.2, -0.15) is 0 Å². The average Bonchev–Trinajstić information content (AvgIpc) is 3.02. The lowest BCUT2D eigenvalue weighted by molar-refractivity contribution is -0.122. The fourth-order valence-corrected chi connectivity index (χ4v) is 3.23. The van der Waals surface area contributed by atoms with Crippen LogP contribution in [0.1, 0.15) is 24.8 Å². The van der Waals surface area contributed by atoms with Crippen molar-refractivity contribution in [3.05, 3.63) is 60.2 Å². The standard InChI is InChI=1S/C20H24N2O2/c1-22(14-15-6-3-2-4-7-15)17-12-10-16(11-13-17)21-20(24)18-8-5-9-19(18)23/h2-4,6-7,10-13,18-19,23H,5,8-9,14H2,1H3,(H,21,24). The molecule has 3 rings (SSSR count). The summed E-state index contributed by atoms with van der Waals surface area (Å²) < 4.78 is 0. The molecule has 2 unspecified atom stereocenters. The van der Waals surface area contributed by atoms with Crippen molar-refractivity contribution in [1.29, 1.82) is 0 Å². The lowest BCUT2D eigenvalue weighted by atomic mass is 10.1. The maximum absolute atomic E-state index is 12.2. The predicted molar refractivity (Wildman–Crippen MR) is 97.0 cm³/mol. The highest BCUT2D eigenvalue weighted by Crippen LogP contribution is 2.27. The van der Waals surface area contributed by atoms with Crippen molar-refractivity contribution in [2.75, 3.05) is 17.3 Å². The van der Waals surface area contributed by atoms with Crippen molar-refractivity contribution in [3.8, 4) is 0 Å². The van der Waals surface area contributed by atoms with Gasteiger partial charge in [-0.1, -0.05) is 30.3 Å². The molecule has 2 aromatic carbocycles. The minimum absolute atomic E-state index is 0.0783. The van der Waals surface area contributed by atoms with E-state index in [1.807, 2.05) is 42.5 Å². The van der Waals surface area contributed by atoms with Gasteiger partial charge in [0.1, 0.15) is 0 Å². The zero-order valence-electron chi connectivity index (χ0n) is 14.0. The van der Waals surface area contributed by atoms with Gasteiger partial charge in [-0.3, -0.25) is 4.79 Å². The maximum atomic E-state index is 12.2. The van der Waals surface area contributed by atoms with E-state index < -0.39 is 6.10 Å². The van der Waals surface area contributed by atoms with E-state index in [0.717, 1.165) is 37.2 Å². The summed E-state index contributed by atoms with van der Waals surface area (Å²) in [6.07, 6.45) is 1.91. The second kappa shape index (κ2) is 7.49. The Morgan fingerprint density at radius 2 is 1.83 bits per heavy atom. The fraction of sp³-hybridized carbons (Fsp3) is 0.350. The Morgan fingerprint density at radius 3 is 2.46 bits per heavy atom. The second-order valence-corrected chi connectivity index (χ2v) is 6.48. The van der Waals surface area contributed by atoms with Crippen molar-refractivity contribution in [3.63, 3.8) is 0 Å². The third-order valence-electron chi connectivity index (χ3n) is 4.65. The maximum Gasteiger partial charge on any atom is 0.230 e. The Morgan fingerprint density at radius 1 is 1.12 bits per heavy atom. The lowest BCUT2D eigenvalue weighted by Crippen LogP contribution is -2.28. The van der Waals surface area contributed by atoms with E-state index in [9.17, 15) is 9.90 Å². The van der Waals surface area contributed by atoms with Crippen LogP contribution < -0.4 is 10.2 Å². The molecule has 0 aromatic heterocycles. The summed E-state index contributed by atoms with van der Waals surface area (Å²) in [7, 11) is 2.05. The molecule has 1 saturated carbocycles. The van der Waals surface area contributed by atoms with E-state index in [4.69, 9.17) is 0 Å². The highest BCUT2D eigenvalue weighted by atomic mass is 16.3. The number of nitrogens with zero attached hydrogens (tertiary/aromatic N) is 1. The van der Waals surface area contributed by atoms with Crippen LogP contribution in [0.25, 0.3) is 0 Å². The van der Waals surface area contributed by atoms with Gasteiger partial charge in [0.05, 0.1) is 12.0 Å². The molecule has 0 bridgehead atoms. The molecule has 1 fully saturated rings. The van der Waals surface area contributed by atoms with E-state index in [0.29, 0.717) is 0 Å². The van der Waals surface area contributed by atoms with E-state index in [1.165, 1.54) is 5.56 Å². The van der Waals surface area contributed by atoms with E-state index >= 15 is 0 Å². The van der Waals surface area contributed by atoms with Crippen molar-refractivity contribution in [2.45, 2.75) is 31.9 Å². The molecule has 0 spiro atoms. The molecule has 24 heavy (non-hydrogen) atoms. The van der Waals surface area contributed by atoms with Gasteiger partial charge in [0.25, 0.3) is 0 Å². The zero-order chi connectivity index (χ0) is 16.9. The van der Waals surface area contributed by atoms with Crippen molar-refractivity contribution >= 4 is 17.3 Å². The Kier molecular flexibility index (Phi) is 5.16. The van der Waals surface area contributed by atoms with Crippen LogP contribution in [0.5, 0.6) is 0 Å². The molecule has 1 aliphatic carbocycles. The van der Waals surface area contributed by atoms with Crippen LogP contribution in [0.2, 0.25) is 0 Å². The molecule has 2 N–H and O–H groups in total. The molecule has 4 nitrogen and oxygen atoms in total. The fourth-order valence-electron chi connectivity index (χ4n) is 3.23. The van der Waals surface area contributed by atoms with Gasteiger partial charge in [-0.15, -0.1) is 0 Å². The molecule has 2 atom stereocenters. The molecular formula is C20H24N2O2. The Hall–Kier alpha value is -2.33. The molecule has 0 saturated heterocycles. The second-order valence-electron chi connectivity index (χ2n) is 6.48. The lowest BCUT2D eigenvalue weighted by Gasteiger charge is -2.20. The first-order valence-corrected chi connectivity index (χ1v) is 8.47. The number of nitrogens with one attached hydrogen (secondary N) is 1. The van der Waals surface area contributed by atoms with Gasteiger partial charge in [0.2, 0.25) is 5.91 Å². The van der Waals surface area contributed by atoms with Gasteiger partial charge < -0.3 is 15.3 Å². The number of carbonyl (C=O) groups is 1. The summed E-state index contributed by atoms with van der Waals surface area (Å²) in [6, 6.07) is 18.1. The molecule has 0 radical (unpaired) electrons. The van der Waals surface area contributed by atoms with Crippen LogP contribution in [0.3, 0.4) is 0 Å². The van der Waals surface area contributed by atoms with E-state index in [2.05, 4.69) is 29.4 Å². The number of carbonyl (C=O) groups excluding carboxylic acids is 1. The van der Waals surface area contributed by atoms with Crippen LogP contribution >= 0.6 is 0 Å². The van der Waals surface area contributed by atoms with Crippen LogP contribution in [0.4, 0.5) is 11.4 Å². The van der Waals surface area contributed by atoms with Crippen LogP contribution in [-0.2, 0) is 11.3 Å². The number of anilines is 2. The summed E-state index contributed by atoms with van der Waals surface area (Å²) in [5, 5.41) is 12.7. The van der Waals surface area contributed by atoms with Crippen LogP contribution in [0.15, 0.2) is 54.6 Å². The zero-order valence-corrected chi connectivity index (χ0v) is 14.0. The van der Waals surface area contributed by atoms with Crippen molar-refractivity contribution in [2.24, 2.45) is 5.92 Å². The molecule has 126 valence electrons. The Labute approximate surface area is 143 Å².